The van der Waals surface area contributed by atoms with Crippen LogP contribution >= 0.6 is 0 Å². The largest absolute Gasteiger partial charge is 0.374 e. The molecule has 0 aromatic rings. The van der Waals surface area contributed by atoms with E-state index in [0.29, 0.717) is 18.8 Å². The smallest absolute Gasteiger partial charge is 0.272 e. The molecule has 0 bridgehead atoms. The normalized spacial score (nSPS) is 27.6. The molecular formula is C14H16N4O2. The summed E-state index contributed by atoms with van der Waals surface area (Å²) < 4.78 is 5.62. The number of nitrogens with zero attached hydrogens (tertiary/aromatic N) is 3. The molecule has 4 rings (SSSR count). The Kier molecular flexibility index (Phi) is 2.61. The van der Waals surface area contributed by atoms with E-state index in [1.165, 1.54) is 11.1 Å². The molecule has 1 N–H and O–H groups in total. The highest BCUT2D eigenvalue weighted by Gasteiger charge is 2.38. The quantitative estimate of drug-likeness (QED) is 0.824. The number of hydrogen-bond donors (Lipinski definition) is 1. The van der Waals surface area contributed by atoms with Gasteiger partial charge >= 0.3 is 0 Å². The van der Waals surface area contributed by atoms with E-state index in [-0.39, 0.29) is 12.0 Å². The minimum atomic E-state index is -0.158. The van der Waals surface area contributed by atoms with Crippen LogP contribution in [0.4, 0.5) is 0 Å². The molecule has 20 heavy (non-hydrogen) atoms. The van der Waals surface area contributed by atoms with Crippen LogP contribution in [0.2, 0.25) is 0 Å². The van der Waals surface area contributed by atoms with Crippen molar-refractivity contribution < 1.29 is 9.53 Å². The molecule has 2 heterocycles. The van der Waals surface area contributed by atoms with Crippen LogP contribution < -0.4 is 5.32 Å². The van der Waals surface area contributed by atoms with Crippen molar-refractivity contribution in [2.75, 3.05) is 33.3 Å². The molecule has 0 spiro atoms. The molecule has 0 aromatic carbocycles. The highest BCUT2D eigenvalue weighted by atomic mass is 16.5. The van der Waals surface area contributed by atoms with Crippen LogP contribution in [-0.2, 0) is 9.53 Å². The maximum Gasteiger partial charge on any atom is 0.272 e. The first-order valence-corrected chi connectivity index (χ1v) is 6.91. The average molecular weight is 272 g/mol. The Morgan fingerprint density at radius 1 is 1.55 bits per heavy atom. The monoisotopic (exact) mass is 272 g/mol. The fourth-order valence-corrected chi connectivity index (χ4v) is 2.82. The number of rotatable bonds is 3. The zero-order valence-corrected chi connectivity index (χ0v) is 11.3. The summed E-state index contributed by atoms with van der Waals surface area (Å²) in [4.78, 5) is 14.4. The van der Waals surface area contributed by atoms with Crippen molar-refractivity contribution in [2.45, 2.75) is 12.5 Å². The lowest BCUT2D eigenvalue weighted by molar-refractivity contribution is -0.118. The predicted octanol–water partition coefficient (Wildman–Crippen LogP) is 0.751. The Hall–Kier alpha value is -1.79. The SMILES string of the molecule is CN1CCOC(CNC(=O)C2=C3C=C4CC4=C3N=N2)C1. The summed E-state index contributed by atoms with van der Waals surface area (Å²) in [5.41, 5.74) is 4.79. The van der Waals surface area contributed by atoms with E-state index in [4.69, 9.17) is 4.74 Å². The third-order valence-electron chi connectivity index (χ3n) is 4.04. The molecule has 4 aliphatic rings. The van der Waals surface area contributed by atoms with E-state index < -0.39 is 0 Å². The van der Waals surface area contributed by atoms with Crippen LogP contribution in [0.15, 0.2) is 44.4 Å². The van der Waals surface area contributed by atoms with Crippen LogP contribution in [0.25, 0.3) is 0 Å². The molecule has 1 amide bonds. The first-order valence-electron chi connectivity index (χ1n) is 6.91. The van der Waals surface area contributed by atoms with Gasteiger partial charge in [0.05, 0.1) is 18.4 Å². The first-order chi connectivity index (χ1) is 9.72. The summed E-state index contributed by atoms with van der Waals surface area (Å²) in [6.45, 7) is 3.01. The van der Waals surface area contributed by atoms with E-state index >= 15 is 0 Å². The molecule has 2 fully saturated rings. The number of morpholine rings is 1. The third-order valence-corrected chi connectivity index (χ3v) is 4.04. The minimum absolute atomic E-state index is 0.0507. The van der Waals surface area contributed by atoms with Gasteiger partial charge in [-0.25, -0.2) is 0 Å². The van der Waals surface area contributed by atoms with Gasteiger partial charge in [0.1, 0.15) is 0 Å². The summed E-state index contributed by atoms with van der Waals surface area (Å²) >= 11 is 0. The number of fused-ring (bicyclic) bond motifs is 2. The number of nitrogens with one attached hydrogen (secondary N) is 1. The van der Waals surface area contributed by atoms with Gasteiger partial charge in [-0.15, -0.1) is 10.2 Å². The lowest BCUT2D eigenvalue weighted by atomic mass is 10.1. The highest BCUT2D eigenvalue weighted by molar-refractivity contribution is 5.97. The number of carbonyl (C=O) groups excluding carboxylic acids is 1. The molecule has 1 saturated heterocycles. The van der Waals surface area contributed by atoms with Crippen molar-refractivity contribution in [3.8, 4) is 0 Å². The number of amides is 1. The molecule has 2 aliphatic heterocycles. The van der Waals surface area contributed by atoms with Crippen molar-refractivity contribution >= 4 is 5.91 Å². The van der Waals surface area contributed by atoms with Crippen molar-refractivity contribution in [1.29, 1.82) is 0 Å². The maximum atomic E-state index is 12.2. The number of allylic oxidation sites excluding steroid dienone is 3. The number of ether oxygens (including phenoxy) is 1. The van der Waals surface area contributed by atoms with Crippen LogP contribution in [-0.4, -0.2) is 50.2 Å². The number of likely N-dealkylation sites (N-methyl/N-ethyl adjacent to an activating group) is 1. The molecule has 6 nitrogen and oxygen atoms in total. The van der Waals surface area contributed by atoms with Crippen LogP contribution in [0.3, 0.4) is 0 Å². The number of azo groups is 1. The van der Waals surface area contributed by atoms with Crippen molar-refractivity contribution in [3.63, 3.8) is 0 Å². The fourth-order valence-electron chi connectivity index (χ4n) is 2.82. The third kappa shape index (κ3) is 1.92. The fraction of sp³-hybridized carbons (Fsp3) is 0.500. The van der Waals surface area contributed by atoms with Gasteiger partial charge in [0.15, 0.2) is 5.70 Å². The lowest BCUT2D eigenvalue weighted by Crippen LogP contribution is -2.46. The molecule has 1 unspecified atom stereocenters. The Morgan fingerprint density at radius 2 is 2.45 bits per heavy atom. The van der Waals surface area contributed by atoms with Crippen molar-refractivity contribution in [3.05, 3.63) is 34.2 Å². The van der Waals surface area contributed by atoms with E-state index in [9.17, 15) is 4.79 Å². The second-order valence-electron chi connectivity index (χ2n) is 5.60. The van der Waals surface area contributed by atoms with Crippen LogP contribution in [0.1, 0.15) is 6.42 Å². The Morgan fingerprint density at radius 3 is 3.30 bits per heavy atom. The zero-order chi connectivity index (χ0) is 13.7. The predicted molar refractivity (Wildman–Crippen MR) is 71.9 cm³/mol. The Bertz CT molecular complexity index is 615. The summed E-state index contributed by atoms with van der Waals surface area (Å²) in [6.07, 6.45) is 3.09. The van der Waals surface area contributed by atoms with Gasteiger partial charge in [-0.2, -0.15) is 0 Å². The van der Waals surface area contributed by atoms with Gasteiger partial charge < -0.3 is 15.0 Å². The molecule has 1 saturated carbocycles. The molecule has 6 heteroatoms. The minimum Gasteiger partial charge on any atom is -0.374 e. The molecule has 1 atom stereocenters. The Balaban J connectivity index is 1.40. The Labute approximate surface area is 116 Å². The molecule has 104 valence electrons. The molecule has 2 aliphatic carbocycles. The van der Waals surface area contributed by atoms with Gasteiger partial charge in [-0.1, -0.05) is 0 Å². The second kappa shape index (κ2) is 4.36. The van der Waals surface area contributed by atoms with Crippen LogP contribution in [0.5, 0.6) is 0 Å². The lowest BCUT2D eigenvalue weighted by Gasteiger charge is -2.30. The summed E-state index contributed by atoms with van der Waals surface area (Å²) in [6, 6.07) is 0. The van der Waals surface area contributed by atoms with Gasteiger partial charge in [-0.05, 0) is 24.3 Å². The average Bonchev–Trinajstić information content (AvgIpc) is 2.92. The van der Waals surface area contributed by atoms with Crippen LogP contribution in [0, 0.1) is 0 Å². The number of hydrogen-bond acceptors (Lipinski definition) is 5. The first kappa shape index (κ1) is 12.0. The standard InChI is InChI=1S/C14H16N4O2/c1-18-2-3-20-9(7-18)6-15-14(19)13-11-5-8-4-10(8)12(11)16-17-13/h5,9H,2-4,6-7H2,1H3,(H,15,19). The highest BCUT2D eigenvalue weighted by Crippen LogP contribution is 2.51. The van der Waals surface area contributed by atoms with Gasteiger partial charge in [0.25, 0.3) is 5.91 Å². The van der Waals surface area contributed by atoms with Crippen molar-refractivity contribution in [2.24, 2.45) is 10.2 Å². The second-order valence-corrected chi connectivity index (χ2v) is 5.60. The summed E-state index contributed by atoms with van der Waals surface area (Å²) in [5.74, 6) is -0.158. The van der Waals surface area contributed by atoms with E-state index in [1.807, 2.05) is 6.08 Å². The molecule has 0 aromatic heterocycles. The topological polar surface area (TPSA) is 66.3 Å². The number of carbonyl (C=O) groups is 1. The van der Waals surface area contributed by atoms with E-state index in [1.54, 1.807) is 0 Å². The summed E-state index contributed by atoms with van der Waals surface area (Å²) in [7, 11) is 2.06. The van der Waals surface area contributed by atoms with Gasteiger partial charge in [0.2, 0.25) is 0 Å². The molecular weight excluding hydrogens is 256 g/mol. The van der Waals surface area contributed by atoms with E-state index in [2.05, 4.69) is 27.5 Å². The van der Waals surface area contributed by atoms with E-state index in [0.717, 1.165) is 30.8 Å². The van der Waals surface area contributed by atoms with Gasteiger partial charge in [-0.3, -0.25) is 4.79 Å². The maximum absolute atomic E-state index is 12.2. The van der Waals surface area contributed by atoms with Crippen molar-refractivity contribution in [1.82, 2.24) is 10.2 Å². The van der Waals surface area contributed by atoms with Gasteiger partial charge in [0, 0.05) is 31.6 Å². The zero-order valence-electron chi connectivity index (χ0n) is 11.3. The summed E-state index contributed by atoms with van der Waals surface area (Å²) in [5, 5.41) is 11.0. The molecule has 0 radical (unpaired) electrons.